The Balaban J connectivity index is 2.97. The van der Waals surface area contributed by atoms with Crippen LogP contribution in [0.25, 0.3) is 0 Å². The Kier molecular flexibility index (Phi) is 3.91. The summed E-state index contributed by atoms with van der Waals surface area (Å²) in [5.74, 6) is 0. The highest BCUT2D eigenvalue weighted by atomic mass is 35.5. The molecule has 15 heavy (non-hydrogen) atoms. The maximum absolute atomic E-state index is 10.0. The smallest absolute Gasteiger partial charge is 0.112 e. The molecule has 0 aromatic heterocycles. The van der Waals surface area contributed by atoms with Crippen molar-refractivity contribution in [2.45, 2.75) is 25.0 Å². The third kappa shape index (κ3) is 2.59. The number of halogens is 1. The molecule has 0 aliphatic rings. The van der Waals surface area contributed by atoms with E-state index in [2.05, 4.69) is 6.58 Å². The van der Waals surface area contributed by atoms with E-state index in [0.717, 1.165) is 0 Å². The van der Waals surface area contributed by atoms with Gasteiger partial charge in [-0.1, -0.05) is 36.7 Å². The van der Waals surface area contributed by atoms with Crippen molar-refractivity contribution in [1.82, 2.24) is 0 Å². The second kappa shape index (κ2) is 4.79. The van der Waals surface area contributed by atoms with Gasteiger partial charge >= 0.3 is 0 Å². The van der Waals surface area contributed by atoms with Gasteiger partial charge in [-0.2, -0.15) is 0 Å². The summed E-state index contributed by atoms with van der Waals surface area (Å²) in [5.41, 5.74) is -0.656. The molecular formula is C12H15ClO2. The third-order valence-electron chi connectivity index (χ3n) is 2.58. The second-order valence-corrected chi connectivity index (χ2v) is 3.94. The lowest BCUT2D eigenvalue weighted by Crippen LogP contribution is -2.33. The van der Waals surface area contributed by atoms with Crippen LogP contribution in [0.3, 0.4) is 0 Å². The maximum atomic E-state index is 10.0. The number of aliphatic hydroxyl groups is 2. The molecule has 2 atom stereocenters. The first-order valence-corrected chi connectivity index (χ1v) is 5.21. The van der Waals surface area contributed by atoms with E-state index >= 15 is 0 Å². The Morgan fingerprint density at radius 3 is 2.40 bits per heavy atom. The predicted molar refractivity (Wildman–Crippen MR) is 61.8 cm³/mol. The van der Waals surface area contributed by atoms with E-state index in [-0.39, 0.29) is 0 Å². The number of hydrogen-bond acceptors (Lipinski definition) is 2. The van der Waals surface area contributed by atoms with Crippen LogP contribution in [-0.2, 0) is 0 Å². The van der Waals surface area contributed by atoms with Crippen LogP contribution in [0.15, 0.2) is 36.9 Å². The summed E-state index contributed by atoms with van der Waals surface area (Å²) in [5, 5.41) is 20.6. The van der Waals surface area contributed by atoms with Crippen molar-refractivity contribution in [3.05, 3.63) is 47.5 Å². The van der Waals surface area contributed by atoms with Crippen molar-refractivity contribution in [2.24, 2.45) is 0 Å². The molecule has 0 unspecified atom stereocenters. The predicted octanol–water partition coefficient (Wildman–Crippen LogP) is 2.70. The summed E-state index contributed by atoms with van der Waals surface area (Å²) in [7, 11) is 0. The zero-order chi connectivity index (χ0) is 11.5. The highest BCUT2D eigenvalue weighted by Gasteiger charge is 2.31. The average Bonchev–Trinajstić information content (AvgIpc) is 2.28. The summed E-state index contributed by atoms with van der Waals surface area (Å²) in [6, 6.07) is 6.74. The van der Waals surface area contributed by atoms with Crippen molar-refractivity contribution < 1.29 is 10.2 Å². The standard InChI is InChI=1S/C12H15ClO2/c1-3-12(15,4-2)11(14)9-5-7-10(13)8-6-9/h3,5-8,11,14-15H,1,4H2,2H3/t11-,12-/m0/s1. The number of aliphatic hydroxyl groups excluding tert-OH is 1. The fourth-order valence-corrected chi connectivity index (χ4v) is 1.51. The number of rotatable bonds is 4. The first kappa shape index (κ1) is 12.2. The summed E-state index contributed by atoms with van der Waals surface area (Å²) in [6.07, 6.45) is 0.796. The summed E-state index contributed by atoms with van der Waals surface area (Å²) < 4.78 is 0. The largest absolute Gasteiger partial charge is 0.385 e. The van der Waals surface area contributed by atoms with Gasteiger partial charge in [-0.25, -0.2) is 0 Å². The maximum Gasteiger partial charge on any atom is 0.112 e. The molecule has 1 rings (SSSR count). The van der Waals surface area contributed by atoms with E-state index in [1.807, 2.05) is 0 Å². The normalized spacial score (nSPS) is 16.8. The minimum atomic E-state index is -1.28. The van der Waals surface area contributed by atoms with Gasteiger partial charge in [0.15, 0.2) is 0 Å². The third-order valence-corrected chi connectivity index (χ3v) is 2.83. The van der Waals surface area contributed by atoms with Crippen LogP contribution in [0.5, 0.6) is 0 Å². The molecule has 82 valence electrons. The fourth-order valence-electron chi connectivity index (χ4n) is 1.38. The topological polar surface area (TPSA) is 40.5 Å². The Bertz CT molecular complexity index is 334. The Hall–Kier alpha value is -0.830. The molecule has 1 aromatic rings. The van der Waals surface area contributed by atoms with Crippen LogP contribution < -0.4 is 0 Å². The zero-order valence-electron chi connectivity index (χ0n) is 8.65. The molecule has 2 nitrogen and oxygen atoms in total. The molecule has 0 saturated carbocycles. The number of hydrogen-bond donors (Lipinski definition) is 2. The molecule has 0 aliphatic carbocycles. The van der Waals surface area contributed by atoms with Gasteiger partial charge in [0.05, 0.1) is 0 Å². The van der Waals surface area contributed by atoms with Crippen molar-refractivity contribution >= 4 is 11.6 Å². The van der Waals surface area contributed by atoms with Gasteiger partial charge in [-0.3, -0.25) is 0 Å². The molecular weight excluding hydrogens is 212 g/mol. The Morgan fingerprint density at radius 2 is 2.00 bits per heavy atom. The molecule has 1 aromatic carbocycles. The van der Waals surface area contributed by atoms with Crippen LogP contribution in [0, 0.1) is 0 Å². The first-order valence-electron chi connectivity index (χ1n) is 4.83. The van der Waals surface area contributed by atoms with Crippen molar-refractivity contribution in [2.75, 3.05) is 0 Å². The van der Waals surface area contributed by atoms with Gasteiger partial charge in [0.25, 0.3) is 0 Å². The molecule has 0 heterocycles. The monoisotopic (exact) mass is 226 g/mol. The fraction of sp³-hybridized carbons (Fsp3) is 0.333. The summed E-state index contributed by atoms with van der Waals surface area (Å²) in [4.78, 5) is 0. The van der Waals surface area contributed by atoms with Crippen molar-refractivity contribution in [3.8, 4) is 0 Å². The van der Waals surface area contributed by atoms with Crippen LogP contribution in [0.2, 0.25) is 5.02 Å². The van der Waals surface area contributed by atoms with E-state index in [1.54, 1.807) is 31.2 Å². The highest BCUT2D eigenvalue weighted by Crippen LogP contribution is 2.30. The lowest BCUT2D eigenvalue weighted by molar-refractivity contribution is -0.0433. The first-order chi connectivity index (χ1) is 7.03. The van der Waals surface area contributed by atoms with E-state index < -0.39 is 11.7 Å². The molecule has 0 spiro atoms. The van der Waals surface area contributed by atoms with Gasteiger partial charge in [0.2, 0.25) is 0 Å². The number of benzene rings is 1. The van der Waals surface area contributed by atoms with Gasteiger partial charge in [0, 0.05) is 5.02 Å². The molecule has 0 aliphatic heterocycles. The van der Waals surface area contributed by atoms with Gasteiger partial charge in [-0.15, -0.1) is 6.58 Å². The van der Waals surface area contributed by atoms with E-state index in [0.29, 0.717) is 17.0 Å². The van der Waals surface area contributed by atoms with Crippen LogP contribution in [0.4, 0.5) is 0 Å². The van der Waals surface area contributed by atoms with E-state index in [4.69, 9.17) is 11.6 Å². The summed E-state index contributed by atoms with van der Waals surface area (Å²) in [6.45, 7) is 5.32. The molecule has 2 N–H and O–H groups in total. The molecule has 0 saturated heterocycles. The van der Waals surface area contributed by atoms with Crippen LogP contribution in [0.1, 0.15) is 25.0 Å². The van der Waals surface area contributed by atoms with Gasteiger partial charge in [0.1, 0.15) is 11.7 Å². The van der Waals surface area contributed by atoms with Gasteiger partial charge in [-0.05, 0) is 24.1 Å². The van der Waals surface area contributed by atoms with Crippen molar-refractivity contribution in [3.63, 3.8) is 0 Å². The second-order valence-electron chi connectivity index (χ2n) is 3.50. The van der Waals surface area contributed by atoms with E-state index in [9.17, 15) is 10.2 Å². The quantitative estimate of drug-likeness (QED) is 0.775. The Labute approximate surface area is 94.8 Å². The van der Waals surface area contributed by atoms with E-state index in [1.165, 1.54) is 6.08 Å². The minimum absolute atomic E-state index is 0.403. The molecule has 3 heteroatoms. The molecule has 0 amide bonds. The zero-order valence-corrected chi connectivity index (χ0v) is 9.41. The summed E-state index contributed by atoms with van der Waals surface area (Å²) >= 11 is 5.73. The average molecular weight is 227 g/mol. The van der Waals surface area contributed by atoms with Crippen LogP contribution >= 0.6 is 11.6 Å². The molecule has 0 radical (unpaired) electrons. The lowest BCUT2D eigenvalue weighted by Gasteiger charge is -2.28. The Morgan fingerprint density at radius 1 is 1.47 bits per heavy atom. The lowest BCUT2D eigenvalue weighted by atomic mass is 9.89. The van der Waals surface area contributed by atoms with Gasteiger partial charge < -0.3 is 10.2 Å². The van der Waals surface area contributed by atoms with Crippen molar-refractivity contribution in [1.29, 1.82) is 0 Å². The minimum Gasteiger partial charge on any atom is -0.385 e. The van der Waals surface area contributed by atoms with Crippen LogP contribution in [-0.4, -0.2) is 15.8 Å². The molecule has 0 fully saturated rings. The highest BCUT2D eigenvalue weighted by molar-refractivity contribution is 6.30. The SMILES string of the molecule is C=C[C@](O)(CC)[C@@H](O)c1ccc(Cl)cc1. The molecule has 0 bridgehead atoms.